The summed E-state index contributed by atoms with van der Waals surface area (Å²) in [7, 11) is -0.0927. The van der Waals surface area contributed by atoms with Gasteiger partial charge in [-0.2, -0.15) is 0 Å². The topological polar surface area (TPSA) is 44.8 Å². The number of carbonyl (C=O) groups is 1. The fourth-order valence-corrected chi connectivity index (χ4v) is 3.37. The molecule has 0 bridgehead atoms. The molecule has 0 fully saturated rings. The van der Waals surface area contributed by atoms with E-state index in [2.05, 4.69) is 46.9 Å². The van der Waals surface area contributed by atoms with Gasteiger partial charge in [0.2, 0.25) is 0 Å². The summed E-state index contributed by atoms with van der Waals surface area (Å²) < 4.78 is 17.3. The van der Waals surface area contributed by atoms with Crippen LogP contribution in [0.3, 0.4) is 0 Å². The molecular formula is C23H38O4Si. The third kappa shape index (κ3) is 7.90. The summed E-state index contributed by atoms with van der Waals surface area (Å²) in [6.45, 7) is 16.3. The number of ether oxygens (including phenoxy) is 2. The highest BCUT2D eigenvalue weighted by molar-refractivity contribution is 6.74. The number of benzene rings is 1. The number of rotatable bonds is 11. The molecule has 0 saturated carbocycles. The van der Waals surface area contributed by atoms with E-state index >= 15 is 0 Å². The van der Waals surface area contributed by atoms with Gasteiger partial charge in [0.05, 0.1) is 13.7 Å². The summed E-state index contributed by atoms with van der Waals surface area (Å²) in [4.78, 5) is 11.6. The van der Waals surface area contributed by atoms with Crippen LogP contribution in [0, 0.1) is 5.92 Å². The Morgan fingerprint density at radius 2 is 1.71 bits per heavy atom. The monoisotopic (exact) mass is 406 g/mol. The Morgan fingerprint density at radius 3 is 2.21 bits per heavy atom. The number of hydrogen-bond donors (Lipinski definition) is 0. The Labute approximate surface area is 172 Å². The van der Waals surface area contributed by atoms with E-state index in [-0.39, 0.29) is 5.04 Å². The van der Waals surface area contributed by atoms with Crippen LogP contribution in [0.25, 0.3) is 0 Å². The summed E-state index contributed by atoms with van der Waals surface area (Å²) in [6, 6.07) is 7.67. The van der Waals surface area contributed by atoms with Crippen molar-refractivity contribution >= 4 is 14.6 Å². The van der Waals surface area contributed by atoms with Crippen LogP contribution in [0.4, 0.5) is 0 Å². The second-order valence-electron chi connectivity index (χ2n) is 9.25. The Morgan fingerprint density at radius 1 is 1.11 bits per heavy atom. The van der Waals surface area contributed by atoms with Crippen molar-refractivity contribution < 1.29 is 18.7 Å². The van der Waals surface area contributed by atoms with Gasteiger partial charge in [-0.15, -0.1) is 0 Å². The van der Waals surface area contributed by atoms with Gasteiger partial charge in [0, 0.05) is 13.0 Å². The quantitative estimate of drug-likeness (QED) is 0.266. The largest absolute Gasteiger partial charge is 0.497 e. The van der Waals surface area contributed by atoms with Gasteiger partial charge in [-0.25, -0.2) is 0 Å². The average Bonchev–Trinajstić information content (AvgIpc) is 2.64. The lowest BCUT2D eigenvalue weighted by Crippen LogP contribution is -2.41. The van der Waals surface area contributed by atoms with Crippen molar-refractivity contribution in [1.29, 1.82) is 0 Å². The average molecular weight is 407 g/mol. The molecule has 2 atom stereocenters. The Balaban J connectivity index is 2.52. The van der Waals surface area contributed by atoms with Crippen LogP contribution in [0.2, 0.25) is 18.1 Å². The molecule has 0 aliphatic rings. The molecular weight excluding hydrogens is 368 g/mol. The van der Waals surface area contributed by atoms with Gasteiger partial charge < -0.3 is 18.7 Å². The molecule has 1 rings (SSSR count). The fourth-order valence-electron chi connectivity index (χ4n) is 2.26. The molecule has 5 heteroatoms. The molecule has 1 aromatic rings. The first-order valence-corrected chi connectivity index (χ1v) is 12.9. The molecule has 0 aliphatic carbocycles. The molecule has 0 aliphatic heterocycles. The SMILES string of the molecule is COc1ccc(CO[C@@](C)(C=O)C/C=C/[C@@H](C)CO[Si](C)(C)C(C)(C)C)cc1. The van der Waals surface area contributed by atoms with Crippen LogP contribution in [0.15, 0.2) is 36.4 Å². The smallest absolute Gasteiger partial charge is 0.192 e. The minimum atomic E-state index is -1.73. The molecule has 0 heterocycles. The number of aldehydes is 1. The van der Waals surface area contributed by atoms with Crippen LogP contribution in [-0.4, -0.2) is 33.9 Å². The standard InChI is InChI=1S/C23H38O4Si/c1-19(16-27-28(7,8)22(2,3)4)10-9-15-23(5,18-24)26-17-20-11-13-21(25-6)14-12-20/h9-14,18-19H,15-17H2,1-8H3/b10-9+/t19-,23-/m1/s1. The molecule has 0 N–H and O–H groups in total. The minimum absolute atomic E-state index is 0.210. The van der Waals surface area contributed by atoms with E-state index in [1.807, 2.05) is 37.3 Å². The molecule has 0 radical (unpaired) electrons. The van der Waals surface area contributed by atoms with Crippen molar-refractivity contribution in [3.8, 4) is 5.75 Å². The lowest BCUT2D eigenvalue weighted by atomic mass is 10.0. The van der Waals surface area contributed by atoms with E-state index in [1.54, 1.807) is 7.11 Å². The predicted molar refractivity (Wildman–Crippen MR) is 118 cm³/mol. The van der Waals surface area contributed by atoms with E-state index in [0.29, 0.717) is 25.6 Å². The zero-order chi connectivity index (χ0) is 21.4. The normalized spacial score (nSPS) is 16.0. The van der Waals surface area contributed by atoms with Gasteiger partial charge in [0.15, 0.2) is 14.6 Å². The van der Waals surface area contributed by atoms with Crippen LogP contribution < -0.4 is 4.74 Å². The van der Waals surface area contributed by atoms with Gasteiger partial charge in [-0.05, 0) is 48.7 Å². The van der Waals surface area contributed by atoms with Gasteiger partial charge >= 0.3 is 0 Å². The molecule has 0 spiro atoms. The predicted octanol–water partition coefficient (Wildman–Crippen LogP) is 5.77. The van der Waals surface area contributed by atoms with Crippen molar-refractivity contribution in [2.24, 2.45) is 5.92 Å². The van der Waals surface area contributed by atoms with Gasteiger partial charge in [-0.1, -0.05) is 52.0 Å². The van der Waals surface area contributed by atoms with E-state index < -0.39 is 13.9 Å². The first-order valence-electron chi connectivity index (χ1n) is 9.96. The maximum atomic E-state index is 11.6. The van der Waals surface area contributed by atoms with Crippen LogP contribution in [0.5, 0.6) is 5.75 Å². The number of carbonyl (C=O) groups excluding carboxylic acids is 1. The lowest BCUT2D eigenvalue weighted by molar-refractivity contribution is -0.130. The molecule has 1 aromatic carbocycles. The maximum absolute atomic E-state index is 11.6. The Bertz CT molecular complexity index is 631. The van der Waals surface area contributed by atoms with E-state index in [1.165, 1.54) is 0 Å². The van der Waals surface area contributed by atoms with E-state index in [9.17, 15) is 4.79 Å². The zero-order valence-corrected chi connectivity index (χ0v) is 19.9. The summed E-state index contributed by atoms with van der Waals surface area (Å²) in [5, 5.41) is 0.210. The van der Waals surface area contributed by atoms with Gasteiger partial charge in [0.25, 0.3) is 0 Å². The van der Waals surface area contributed by atoms with Crippen LogP contribution in [0.1, 0.15) is 46.6 Å². The Kier molecular flexibility index (Phi) is 9.12. The van der Waals surface area contributed by atoms with Crippen LogP contribution in [-0.2, 0) is 20.6 Å². The second-order valence-corrected chi connectivity index (χ2v) is 14.1. The van der Waals surface area contributed by atoms with Crippen molar-refractivity contribution in [2.45, 2.75) is 71.4 Å². The Hall–Kier alpha value is -1.43. The van der Waals surface area contributed by atoms with Gasteiger partial charge in [0.1, 0.15) is 11.4 Å². The summed E-state index contributed by atoms with van der Waals surface area (Å²) >= 11 is 0. The summed E-state index contributed by atoms with van der Waals surface area (Å²) in [5.74, 6) is 1.10. The van der Waals surface area contributed by atoms with Crippen molar-refractivity contribution in [3.63, 3.8) is 0 Å². The molecule has 0 unspecified atom stereocenters. The molecule has 0 aromatic heterocycles. The zero-order valence-electron chi connectivity index (χ0n) is 18.9. The number of methoxy groups -OCH3 is 1. The van der Waals surface area contributed by atoms with Crippen molar-refractivity contribution in [1.82, 2.24) is 0 Å². The maximum Gasteiger partial charge on any atom is 0.192 e. The second kappa shape index (κ2) is 10.4. The lowest BCUT2D eigenvalue weighted by Gasteiger charge is -2.36. The highest BCUT2D eigenvalue weighted by Crippen LogP contribution is 2.36. The van der Waals surface area contributed by atoms with Gasteiger partial charge in [-0.3, -0.25) is 0 Å². The minimum Gasteiger partial charge on any atom is -0.497 e. The molecule has 0 saturated heterocycles. The fraction of sp³-hybridized carbons (Fsp3) is 0.609. The highest BCUT2D eigenvalue weighted by atomic mass is 28.4. The molecule has 0 amide bonds. The van der Waals surface area contributed by atoms with E-state index in [4.69, 9.17) is 13.9 Å². The highest BCUT2D eigenvalue weighted by Gasteiger charge is 2.37. The number of hydrogen-bond acceptors (Lipinski definition) is 4. The van der Waals surface area contributed by atoms with Crippen molar-refractivity contribution in [3.05, 3.63) is 42.0 Å². The summed E-state index contributed by atoms with van der Waals surface area (Å²) in [5.41, 5.74) is 0.171. The van der Waals surface area contributed by atoms with E-state index in [0.717, 1.165) is 17.6 Å². The molecule has 4 nitrogen and oxygen atoms in total. The first kappa shape index (κ1) is 24.6. The molecule has 158 valence electrons. The third-order valence-electron chi connectivity index (χ3n) is 5.48. The summed E-state index contributed by atoms with van der Waals surface area (Å²) in [6.07, 6.45) is 5.57. The molecule has 28 heavy (non-hydrogen) atoms. The first-order chi connectivity index (χ1) is 12.9. The van der Waals surface area contributed by atoms with Crippen LogP contribution >= 0.6 is 0 Å². The third-order valence-corrected chi connectivity index (χ3v) is 9.98. The van der Waals surface area contributed by atoms with Crippen molar-refractivity contribution in [2.75, 3.05) is 13.7 Å².